The van der Waals surface area contributed by atoms with Crippen LogP contribution in [0.4, 0.5) is 5.69 Å². The van der Waals surface area contributed by atoms with E-state index in [2.05, 4.69) is 12.2 Å². The number of carbonyl (C=O) groups is 1. The lowest BCUT2D eigenvalue weighted by Gasteiger charge is -2.08. The van der Waals surface area contributed by atoms with Crippen molar-refractivity contribution >= 4 is 11.7 Å². The lowest BCUT2D eigenvalue weighted by Crippen LogP contribution is -2.07. The molecule has 1 aromatic carbocycles. The van der Waals surface area contributed by atoms with Gasteiger partial charge in [-0.3, -0.25) is 4.79 Å². The summed E-state index contributed by atoms with van der Waals surface area (Å²) in [5, 5.41) is 3.30. The quantitative estimate of drug-likeness (QED) is 0.446. The summed E-state index contributed by atoms with van der Waals surface area (Å²) in [5.41, 5.74) is 1.00. The van der Waals surface area contributed by atoms with Crippen molar-refractivity contribution in [3.05, 3.63) is 24.3 Å². The largest absolute Gasteiger partial charge is 0.426 e. The summed E-state index contributed by atoms with van der Waals surface area (Å²) in [6.07, 6.45) is 3.58. The molecule has 1 rings (SSSR count). The van der Waals surface area contributed by atoms with Crippen LogP contribution in [-0.2, 0) is 4.79 Å². The number of nitrogens with one attached hydrogen (secondary N) is 1. The van der Waals surface area contributed by atoms with E-state index in [-0.39, 0.29) is 5.97 Å². The van der Waals surface area contributed by atoms with E-state index in [9.17, 15) is 4.79 Å². The molecule has 17 heavy (non-hydrogen) atoms. The number of hydrogen-bond donors (Lipinski definition) is 1. The van der Waals surface area contributed by atoms with Gasteiger partial charge in [-0.1, -0.05) is 26.3 Å². The van der Waals surface area contributed by atoms with Crippen LogP contribution in [0.1, 0.15) is 39.5 Å². The Morgan fingerprint density at radius 3 is 2.82 bits per heavy atom. The van der Waals surface area contributed by atoms with Crippen LogP contribution in [0.2, 0.25) is 0 Å². The summed E-state index contributed by atoms with van der Waals surface area (Å²) in [5.74, 6) is 0.447. The van der Waals surface area contributed by atoms with E-state index in [0.29, 0.717) is 12.2 Å². The van der Waals surface area contributed by atoms with Crippen LogP contribution < -0.4 is 10.1 Å². The number of esters is 1. The Bertz CT molecular complexity index is 350. The van der Waals surface area contributed by atoms with E-state index in [0.717, 1.165) is 31.5 Å². The molecule has 0 amide bonds. The van der Waals surface area contributed by atoms with Gasteiger partial charge in [0.25, 0.3) is 0 Å². The molecule has 0 heterocycles. The summed E-state index contributed by atoms with van der Waals surface area (Å²) in [6, 6.07) is 7.54. The Balaban J connectivity index is 2.50. The molecule has 3 heteroatoms. The lowest BCUT2D eigenvalue weighted by molar-refractivity contribution is -0.134. The zero-order chi connectivity index (χ0) is 12.5. The molecule has 0 bridgehead atoms. The van der Waals surface area contributed by atoms with Crippen LogP contribution in [0.3, 0.4) is 0 Å². The maximum absolute atomic E-state index is 11.3. The molecule has 0 aliphatic rings. The number of rotatable bonds is 7. The first-order valence-corrected chi connectivity index (χ1v) is 6.31. The van der Waals surface area contributed by atoms with E-state index >= 15 is 0 Å². The summed E-state index contributed by atoms with van der Waals surface area (Å²) in [4.78, 5) is 11.3. The first-order valence-electron chi connectivity index (χ1n) is 6.31. The molecule has 3 nitrogen and oxygen atoms in total. The molecular formula is C14H21NO2. The van der Waals surface area contributed by atoms with Gasteiger partial charge in [0.05, 0.1) is 0 Å². The summed E-state index contributed by atoms with van der Waals surface area (Å²) < 4.78 is 5.22. The predicted octanol–water partition coefficient (Wildman–Crippen LogP) is 3.60. The van der Waals surface area contributed by atoms with Gasteiger partial charge in [0.2, 0.25) is 0 Å². The fraction of sp³-hybridized carbons (Fsp3) is 0.500. The minimum absolute atomic E-state index is 0.168. The van der Waals surface area contributed by atoms with Crippen LogP contribution in [0.5, 0.6) is 5.75 Å². The fourth-order valence-corrected chi connectivity index (χ4v) is 1.47. The van der Waals surface area contributed by atoms with Gasteiger partial charge < -0.3 is 10.1 Å². The maximum Gasteiger partial charge on any atom is 0.311 e. The molecule has 0 atom stereocenters. The molecule has 1 aromatic rings. The zero-order valence-corrected chi connectivity index (χ0v) is 10.7. The van der Waals surface area contributed by atoms with Gasteiger partial charge in [-0.25, -0.2) is 0 Å². The highest BCUT2D eigenvalue weighted by Gasteiger charge is 2.03. The predicted molar refractivity (Wildman–Crippen MR) is 70.4 cm³/mol. The number of anilines is 1. The normalized spacial score (nSPS) is 10.0. The van der Waals surface area contributed by atoms with Crippen molar-refractivity contribution in [2.45, 2.75) is 39.5 Å². The number of benzene rings is 1. The second-order valence-corrected chi connectivity index (χ2v) is 4.03. The van der Waals surface area contributed by atoms with Gasteiger partial charge in [0.1, 0.15) is 5.75 Å². The van der Waals surface area contributed by atoms with Crippen molar-refractivity contribution in [2.24, 2.45) is 0 Å². The molecule has 0 aromatic heterocycles. The molecule has 0 aliphatic carbocycles. The van der Waals surface area contributed by atoms with Gasteiger partial charge in [-0.15, -0.1) is 0 Å². The van der Waals surface area contributed by atoms with Crippen LogP contribution in [0, 0.1) is 0 Å². The third kappa shape index (κ3) is 5.38. The van der Waals surface area contributed by atoms with E-state index in [4.69, 9.17) is 4.74 Å². The first kappa shape index (κ1) is 13.6. The molecule has 1 N–H and O–H groups in total. The molecule has 0 aliphatic heterocycles. The van der Waals surface area contributed by atoms with Gasteiger partial charge in [0, 0.05) is 24.7 Å². The Hall–Kier alpha value is -1.51. The average molecular weight is 235 g/mol. The zero-order valence-electron chi connectivity index (χ0n) is 10.7. The molecule has 0 unspecified atom stereocenters. The Labute approximate surface area is 103 Å². The Morgan fingerprint density at radius 1 is 1.29 bits per heavy atom. The Kier molecular flexibility index (Phi) is 6.15. The molecular weight excluding hydrogens is 214 g/mol. The second-order valence-electron chi connectivity index (χ2n) is 4.03. The molecule has 0 saturated heterocycles. The summed E-state index contributed by atoms with van der Waals surface area (Å²) in [7, 11) is 0. The minimum Gasteiger partial charge on any atom is -0.426 e. The van der Waals surface area contributed by atoms with E-state index in [1.54, 1.807) is 6.07 Å². The monoisotopic (exact) mass is 235 g/mol. The van der Waals surface area contributed by atoms with E-state index < -0.39 is 0 Å². The van der Waals surface area contributed by atoms with Crippen molar-refractivity contribution in [2.75, 3.05) is 11.9 Å². The highest BCUT2D eigenvalue weighted by molar-refractivity contribution is 5.72. The van der Waals surface area contributed by atoms with Crippen molar-refractivity contribution in [1.82, 2.24) is 0 Å². The first-order chi connectivity index (χ1) is 8.26. The molecule has 0 saturated carbocycles. The van der Waals surface area contributed by atoms with Gasteiger partial charge in [-0.05, 0) is 25.0 Å². The van der Waals surface area contributed by atoms with Gasteiger partial charge >= 0.3 is 5.97 Å². The van der Waals surface area contributed by atoms with Gasteiger partial charge in [0.15, 0.2) is 0 Å². The van der Waals surface area contributed by atoms with Gasteiger partial charge in [-0.2, -0.15) is 0 Å². The summed E-state index contributed by atoms with van der Waals surface area (Å²) in [6.45, 7) is 5.07. The number of carbonyl (C=O) groups excluding carboxylic acids is 1. The standard InChI is InChI=1S/C14H21NO2/c1-3-5-10-15-12-8-6-9-13(11-12)17-14(16)7-4-2/h6,8-9,11,15H,3-5,7,10H2,1-2H3. The van der Waals surface area contributed by atoms with E-state index in [1.807, 2.05) is 25.1 Å². The topological polar surface area (TPSA) is 38.3 Å². The maximum atomic E-state index is 11.3. The average Bonchev–Trinajstić information content (AvgIpc) is 2.30. The highest BCUT2D eigenvalue weighted by atomic mass is 16.5. The van der Waals surface area contributed by atoms with Crippen LogP contribution >= 0.6 is 0 Å². The number of ether oxygens (including phenoxy) is 1. The smallest absolute Gasteiger partial charge is 0.311 e. The second kappa shape index (κ2) is 7.71. The third-order valence-electron chi connectivity index (χ3n) is 2.38. The van der Waals surface area contributed by atoms with Crippen molar-refractivity contribution in [1.29, 1.82) is 0 Å². The van der Waals surface area contributed by atoms with E-state index in [1.165, 1.54) is 0 Å². The summed E-state index contributed by atoms with van der Waals surface area (Å²) >= 11 is 0. The number of hydrogen-bond acceptors (Lipinski definition) is 3. The minimum atomic E-state index is -0.168. The fourth-order valence-electron chi connectivity index (χ4n) is 1.47. The van der Waals surface area contributed by atoms with Crippen LogP contribution in [0.15, 0.2) is 24.3 Å². The van der Waals surface area contributed by atoms with Crippen molar-refractivity contribution in [3.8, 4) is 5.75 Å². The molecule has 0 spiro atoms. The molecule has 94 valence electrons. The highest BCUT2D eigenvalue weighted by Crippen LogP contribution is 2.18. The lowest BCUT2D eigenvalue weighted by atomic mass is 10.2. The third-order valence-corrected chi connectivity index (χ3v) is 2.38. The SMILES string of the molecule is CCCCNc1cccc(OC(=O)CCC)c1. The Morgan fingerprint density at radius 2 is 2.12 bits per heavy atom. The van der Waals surface area contributed by atoms with Crippen LogP contribution in [0.25, 0.3) is 0 Å². The van der Waals surface area contributed by atoms with Crippen molar-refractivity contribution in [3.63, 3.8) is 0 Å². The molecule has 0 fully saturated rings. The molecule has 0 radical (unpaired) electrons. The number of unbranched alkanes of at least 4 members (excludes halogenated alkanes) is 1. The van der Waals surface area contributed by atoms with Crippen molar-refractivity contribution < 1.29 is 9.53 Å². The van der Waals surface area contributed by atoms with Crippen LogP contribution in [-0.4, -0.2) is 12.5 Å².